The maximum absolute atomic E-state index is 10.9. The molecule has 0 aromatic heterocycles. The number of cyclic esters (lactones) is 1. The van der Waals surface area contributed by atoms with Crippen LogP contribution in [0.4, 0.5) is 0 Å². The molecule has 0 N–H and O–H groups in total. The molecule has 2 nitrogen and oxygen atoms in total. The average molecular weight is 214 g/mol. The summed E-state index contributed by atoms with van der Waals surface area (Å²) in [7, 11) is 0. The van der Waals surface area contributed by atoms with Crippen molar-refractivity contribution in [3.05, 3.63) is 0 Å². The van der Waals surface area contributed by atoms with E-state index in [4.69, 9.17) is 4.74 Å². The first-order valence-corrected chi connectivity index (χ1v) is 6.29. The van der Waals surface area contributed by atoms with Gasteiger partial charge in [0.2, 0.25) is 0 Å². The molecule has 0 radical (unpaired) electrons. The van der Waals surface area contributed by atoms with Crippen molar-refractivity contribution in [2.24, 2.45) is 0 Å². The van der Waals surface area contributed by atoms with Crippen LogP contribution in [-0.2, 0) is 9.53 Å². The molecular formula is C13H26O2. The first kappa shape index (κ1) is 14.5. The minimum absolute atomic E-state index is 0.0194. The van der Waals surface area contributed by atoms with Crippen LogP contribution < -0.4 is 0 Å². The molecule has 1 rings (SSSR count). The number of hydrogen-bond donors (Lipinski definition) is 0. The molecule has 2 heteroatoms. The Labute approximate surface area is 94.4 Å². The Bertz CT molecular complexity index is 177. The summed E-state index contributed by atoms with van der Waals surface area (Å²) in [4.78, 5) is 10.9. The lowest BCUT2D eigenvalue weighted by Crippen LogP contribution is -2.23. The monoisotopic (exact) mass is 214 g/mol. The number of rotatable bonds is 4. The molecule has 0 saturated carbocycles. The molecule has 0 spiro atoms. The van der Waals surface area contributed by atoms with Gasteiger partial charge < -0.3 is 4.74 Å². The summed E-state index contributed by atoms with van der Waals surface area (Å²) >= 11 is 0. The van der Waals surface area contributed by atoms with Gasteiger partial charge in [-0.2, -0.15) is 0 Å². The third-order valence-electron chi connectivity index (χ3n) is 2.53. The fraction of sp³-hybridized carbons (Fsp3) is 0.923. The standard InChI is InChI=1S/C10H18O2.C3H8/c1-3-4-5-7-10(2)8-6-9(11)12-10;1-3-2/h3-8H2,1-2H3;3H2,1-2H3/t10-;/m1./s1. The zero-order valence-electron chi connectivity index (χ0n) is 10.8. The highest BCUT2D eigenvalue weighted by Crippen LogP contribution is 2.30. The number of ether oxygens (including phenoxy) is 1. The Morgan fingerprint density at radius 3 is 2.27 bits per heavy atom. The lowest BCUT2D eigenvalue weighted by molar-refractivity contribution is -0.147. The van der Waals surface area contributed by atoms with E-state index < -0.39 is 0 Å². The van der Waals surface area contributed by atoms with Crippen LogP contribution in [0.25, 0.3) is 0 Å². The van der Waals surface area contributed by atoms with Crippen molar-refractivity contribution in [1.29, 1.82) is 0 Å². The zero-order valence-corrected chi connectivity index (χ0v) is 10.8. The Morgan fingerprint density at radius 1 is 1.27 bits per heavy atom. The Balaban J connectivity index is 0.000000583. The van der Waals surface area contributed by atoms with Gasteiger partial charge in [0.1, 0.15) is 5.60 Å². The summed E-state index contributed by atoms with van der Waals surface area (Å²) in [5.74, 6) is -0.0194. The molecule has 0 amide bonds. The summed E-state index contributed by atoms with van der Waals surface area (Å²) in [6.07, 6.45) is 7.46. The highest BCUT2D eigenvalue weighted by Gasteiger charge is 2.34. The van der Waals surface area contributed by atoms with Crippen LogP contribution in [0.1, 0.15) is 72.6 Å². The van der Waals surface area contributed by atoms with E-state index in [9.17, 15) is 4.79 Å². The van der Waals surface area contributed by atoms with E-state index >= 15 is 0 Å². The smallest absolute Gasteiger partial charge is 0.306 e. The van der Waals surface area contributed by atoms with E-state index in [0.29, 0.717) is 6.42 Å². The van der Waals surface area contributed by atoms with E-state index in [1.165, 1.54) is 25.7 Å². The molecule has 1 fully saturated rings. The molecule has 1 aliphatic rings. The molecule has 0 bridgehead atoms. The normalized spacial score (nSPS) is 24.4. The van der Waals surface area contributed by atoms with Crippen molar-refractivity contribution in [3.8, 4) is 0 Å². The molecule has 1 atom stereocenters. The van der Waals surface area contributed by atoms with Crippen molar-refractivity contribution in [2.75, 3.05) is 0 Å². The van der Waals surface area contributed by atoms with Gasteiger partial charge in [-0.15, -0.1) is 0 Å². The van der Waals surface area contributed by atoms with Crippen LogP contribution in [-0.4, -0.2) is 11.6 Å². The Hall–Kier alpha value is -0.530. The van der Waals surface area contributed by atoms with Crippen LogP contribution in [0.2, 0.25) is 0 Å². The van der Waals surface area contributed by atoms with Gasteiger partial charge in [-0.05, 0) is 26.2 Å². The highest BCUT2D eigenvalue weighted by molar-refractivity contribution is 5.72. The number of carbonyl (C=O) groups excluding carboxylic acids is 1. The molecule has 90 valence electrons. The molecule has 1 aliphatic heterocycles. The van der Waals surface area contributed by atoms with Gasteiger partial charge >= 0.3 is 5.97 Å². The largest absolute Gasteiger partial charge is 0.459 e. The van der Waals surface area contributed by atoms with Gasteiger partial charge in [-0.3, -0.25) is 4.79 Å². The molecule has 0 unspecified atom stereocenters. The maximum Gasteiger partial charge on any atom is 0.306 e. The number of carbonyl (C=O) groups is 1. The first-order chi connectivity index (χ1) is 7.08. The molecule has 1 saturated heterocycles. The van der Waals surface area contributed by atoms with Crippen LogP contribution in [0, 0.1) is 0 Å². The minimum atomic E-state index is -0.133. The summed E-state index contributed by atoms with van der Waals surface area (Å²) in [6.45, 7) is 8.48. The maximum atomic E-state index is 10.9. The van der Waals surface area contributed by atoms with Crippen molar-refractivity contribution < 1.29 is 9.53 Å². The number of esters is 1. The van der Waals surface area contributed by atoms with Gasteiger partial charge in [-0.1, -0.05) is 40.0 Å². The fourth-order valence-corrected chi connectivity index (χ4v) is 1.67. The fourth-order valence-electron chi connectivity index (χ4n) is 1.67. The predicted octanol–water partition coefficient (Wildman–Crippen LogP) is 4.08. The van der Waals surface area contributed by atoms with E-state index in [-0.39, 0.29) is 11.6 Å². The summed E-state index contributed by atoms with van der Waals surface area (Å²) in [5, 5.41) is 0. The number of hydrogen-bond acceptors (Lipinski definition) is 2. The van der Waals surface area contributed by atoms with Gasteiger partial charge in [0.25, 0.3) is 0 Å². The van der Waals surface area contributed by atoms with Crippen molar-refractivity contribution in [2.45, 2.75) is 78.2 Å². The molecular weight excluding hydrogens is 188 g/mol. The second-order valence-electron chi connectivity index (χ2n) is 4.59. The molecule has 1 heterocycles. The van der Waals surface area contributed by atoms with E-state index in [0.717, 1.165) is 12.8 Å². The molecule has 0 aromatic rings. The second kappa shape index (κ2) is 7.72. The second-order valence-corrected chi connectivity index (χ2v) is 4.59. The van der Waals surface area contributed by atoms with Crippen LogP contribution in [0.3, 0.4) is 0 Å². The molecule has 15 heavy (non-hydrogen) atoms. The lowest BCUT2D eigenvalue weighted by atomic mass is 9.95. The van der Waals surface area contributed by atoms with Crippen molar-refractivity contribution in [1.82, 2.24) is 0 Å². The first-order valence-electron chi connectivity index (χ1n) is 6.29. The quantitative estimate of drug-likeness (QED) is 0.520. The minimum Gasteiger partial charge on any atom is -0.459 e. The Morgan fingerprint density at radius 2 is 1.87 bits per heavy atom. The van der Waals surface area contributed by atoms with Crippen LogP contribution in [0.5, 0.6) is 0 Å². The molecule has 0 aliphatic carbocycles. The predicted molar refractivity (Wildman–Crippen MR) is 63.8 cm³/mol. The lowest BCUT2D eigenvalue weighted by Gasteiger charge is -2.21. The third kappa shape index (κ3) is 6.53. The van der Waals surface area contributed by atoms with Gasteiger partial charge in [0.15, 0.2) is 0 Å². The average Bonchev–Trinajstić information content (AvgIpc) is 2.48. The third-order valence-corrected chi connectivity index (χ3v) is 2.53. The summed E-state index contributed by atoms with van der Waals surface area (Å²) in [5.41, 5.74) is -0.133. The zero-order chi connectivity index (χ0) is 11.7. The number of unbranched alkanes of at least 4 members (excludes halogenated alkanes) is 2. The van der Waals surface area contributed by atoms with Crippen molar-refractivity contribution >= 4 is 5.97 Å². The van der Waals surface area contributed by atoms with Gasteiger partial charge in [0.05, 0.1) is 0 Å². The van der Waals surface area contributed by atoms with Crippen LogP contribution in [0.15, 0.2) is 0 Å². The van der Waals surface area contributed by atoms with E-state index in [1.54, 1.807) is 0 Å². The highest BCUT2D eigenvalue weighted by atomic mass is 16.6. The molecule has 0 aromatic carbocycles. The topological polar surface area (TPSA) is 26.3 Å². The van der Waals surface area contributed by atoms with Crippen molar-refractivity contribution in [3.63, 3.8) is 0 Å². The van der Waals surface area contributed by atoms with Gasteiger partial charge in [-0.25, -0.2) is 0 Å². The van der Waals surface area contributed by atoms with E-state index in [1.807, 2.05) is 6.92 Å². The summed E-state index contributed by atoms with van der Waals surface area (Å²) in [6, 6.07) is 0. The van der Waals surface area contributed by atoms with Crippen LogP contribution >= 0.6 is 0 Å². The Kier molecular flexibility index (Phi) is 7.45. The summed E-state index contributed by atoms with van der Waals surface area (Å²) < 4.78 is 5.26. The van der Waals surface area contributed by atoms with Gasteiger partial charge in [0, 0.05) is 6.42 Å². The SMILES string of the molecule is CCC.CCCCC[C@]1(C)CCC(=O)O1. The van der Waals surface area contributed by atoms with E-state index in [2.05, 4.69) is 20.8 Å².